The number of phenols is 3. The van der Waals surface area contributed by atoms with Crippen molar-refractivity contribution < 1.29 is 15.3 Å². The van der Waals surface area contributed by atoms with Crippen molar-refractivity contribution in [3.63, 3.8) is 0 Å². The number of fused-ring (bicyclic) bond motifs is 8. The van der Waals surface area contributed by atoms with Crippen LogP contribution in [0.2, 0.25) is 0 Å². The highest BCUT2D eigenvalue weighted by Crippen LogP contribution is 2.36. The Kier molecular flexibility index (Phi) is 10.8. The van der Waals surface area contributed by atoms with Gasteiger partial charge in [0.2, 0.25) is 0 Å². The van der Waals surface area contributed by atoms with Gasteiger partial charge in [-0.15, -0.1) is 0 Å². The first kappa shape index (κ1) is 30.7. The molecular weight excluding hydrogens is 528 g/mol. The fourth-order valence-corrected chi connectivity index (χ4v) is 6.74. The Hall–Kier alpha value is -3.72. The summed E-state index contributed by atoms with van der Waals surface area (Å²) in [4.78, 5) is 0. The highest BCUT2D eigenvalue weighted by Gasteiger charge is 2.18. The lowest BCUT2D eigenvalue weighted by Crippen LogP contribution is -2.05. The van der Waals surface area contributed by atoms with Gasteiger partial charge >= 0.3 is 0 Å². The van der Waals surface area contributed by atoms with Crippen molar-refractivity contribution >= 4 is 0 Å². The van der Waals surface area contributed by atoms with Crippen LogP contribution in [0, 0.1) is 0 Å². The molecule has 3 nitrogen and oxygen atoms in total. The van der Waals surface area contributed by atoms with E-state index in [1.54, 1.807) is 0 Å². The zero-order valence-electron chi connectivity index (χ0n) is 25.9. The van der Waals surface area contributed by atoms with E-state index in [2.05, 4.69) is 25.1 Å². The van der Waals surface area contributed by atoms with E-state index < -0.39 is 0 Å². The SMILES string of the molecule is CCCCCCCCCCCCc1c2cccc1Cc1cccc(c1O)Cc1cccc(c1O)Cc1cccc(c1O)C2. The maximum atomic E-state index is 11.4. The average molecular weight is 577 g/mol. The summed E-state index contributed by atoms with van der Waals surface area (Å²) in [6.07, 6.45) is 16.3. The zero-order valence-corrected chi connectivity index (χ0v) is 25.9. The molecule has 0 aromatic heterocycles. The minimum atomic E-state index is 0.230. The van der Waals surface area contributed by atoms with Crippen LogP contribution < -0.4 is 0 Å². The van der Waals surface area contributed by atoms with E-state index in [1.807, 2.05) is 54.6 Å². The Labute approximate surface area is 258 Å². The van der Waals surface area contributed by atoms with Gasteiger partial charge in [0.15, 0.2) is 0 Å². The minimum absolute atomic E-state index is 0.230. The fourth-order valence-electron chi connectivity index (χ4n) is 6.74. The smallest absolute Gasteiger partial charge is 0.122 e. The van der Waals surface area contributed by atoms with Gasteiger partial charge in [0.25, 0.3) is 0 Å². The molecule has 8 bridgehead atoms. The van der Waals surface area contributed by atoms with E-state index >= 15 is 0 Å². The molecule has 0 saturated heterocycles. The lowest BCUT2D eigenvalue weighted by molar-refractivity contribution is 0.454. The van der Waals surface area contributed by atoms with Crippen molar-refractivity contribution in [1.82, 2.24) is 0 Å². The van der Waals surface area contributed by atoms with Crippen molar-refractivity contribution in [1.29, 1.82) is 0 Å². The maximum absolute atomic E-state index is 11.4. The van der Waals surface area contributed by atoms with Gasteiger partial charge in [-0.1, -0.05) is 138 Å². The normalized spacial score (nSPS) is 12.8. The van der Waals surface area contributed by atoms with Crippen LogP contribution in [0.4, 0.5) is 0 Å². The van der Waals surface area contributed by atoms with E-state index in [0.29, 0.717) is 37.2 Å². The number of hydrogen-bond donors (Lipinski definition) is 3. The molecule has 43 heavy (non-hydrogen) atoms. The third-order valence-electron chi connectivity index (χ3n) is 9.28. The lowest BCUT2D eigenvalue weighted by atomic mass is 9.87. The number of unbranched alkanes of at least 4 members (excludes halogenated alkanes) is 9. The molecule has 0 aliphatic heterocycles. The van der Waals surface area contributed by atoms with Crippen molar-refractivity contribution in [2.45, 2.75) is 103 Å². The van der Waals surface area contributed by atoms with E-state index in [4.69, 9.17) is 0 Å². The van der Waals surface area contributed by atoms with Crippen LogP contribution in [0.25, 0.3) is 0 Å². The highest BCUT2D eigenvalue weighted by molar-refractivity contribution is 5.53. The van der Waals surface area contributed by atoms with Crippen LogP contribution in [0.1, 0.15) is 121 Å². The number of para-hydroxylation sites is 3. The van der Waals surface area contributed by atoms with Gasteiger partial charge in [-0.05, 0) is 62.9 Å². The van der Waals surface area contributed by atoms with Gasteiger partial charge in [-0.3, -0.25) is 0 Å². The second kappa shape index (κ2) is 15.1. The molecule has 0 atom stereocenters. The largest absolute Gasteiger partial charge is 0.507 e. The van der Waals surface area contributed by atoms with Crippen molar-refractivity contribution in [2.75, 3.05) is 0 Å². The van der Waals surface area contributed by atoms with Gasteiger partial charge in [0, 0.05) is 25.7 Å². The Morgan fingerprint density at radius 3 is 1.02 bits per heavy atom. The monoisotopic (exact) mass is 576 g/mol. The van der Waals surface area contributed by atoms with Crippen LogP contribution in [0.5, 0.6) is 17.2 Å². The molecular formula is C40H48O3. The van der Waals surface area contributed by atoms with E-state index in [-0.39, 0.29) is 5.75 Å². The Morgan fingerprint density at radius 1 is 0.395 bits per heavy atom. The number of aromatic hydroxyl groups is 3. The molecule has 3 N–H and O–H groups in total. The number of phenolic OH excluding ortho intramolecular Hbond substituents is 3. The molecule has 1 aliphatic carbocycles. The Morgan fingerprint density at radius 2 is 0.674 bits per heavy atom. The highest BCUT2D eigenvalue weighted by atomic mass is 16.3. The molecule has 4 aromatic carbocycles. The summed E-state index contributed by atoms with van der Waals surface area (Å²) in [5.41, 5.74) is 8.84. The predicted molar refractivity (Wildman–Crippen MR) is 178 cm³/mol. The zero-order chi connectivity index (χ0) is 30.0. The molecule has 226 valence electrons. The van der Waals surface area contributed by atoms with E-state index in [1.165, 1.54) is 74.5 Å². The summed E-state index contributed by atoms with van der Waals surface area (Å²) < 4.78 is 0. The first-order chi connectivity index (χ1) is 21.0. The molecule has 0 saturated carbocycles. The molecule has 5 rings (SSSR count). The first-order valence-electron chi connectivity index (χ1n) is 16.5. The van der Waals surface area contributed by atoms with E-state index in [9.17, 15) is 15.3 Å². The molecule has 0 amide bonds. The molecule has 0 radical (unpaired) electrons. The first-order valence-corrected chi connectivity index (χ1v) is 16.5. The molecule has 3 heteroatoms. The predicted octanol–water partition coefficient (Wildman–Crippen LogP) is 9.94. The van der Waals surface area contributed by atoms with Gasteiger partial charge in [-0.2, -0.15) is 0 Å². The number of rotatable bonds is 11. The fraction of sp³-hybridized carbons (Fsp3) is 0.400. The third-order valence-corrected chi connectivity index (χ3v) is 9.28. The average Bonchev–Trinajstić information content (AvgIpc) is 3.00. The topological polar surface area (TPSA) is 60.7 Å². The summed E-state index contributed by atoms with van der Waals surface area (Å²) in [5, 5.41) is 34.0. The summed E-state index contributed by atoms with van der Waals surface area (Å²) in [5.74, 6) is 0.864. The molecule has 0 heterocycles. The summed E-state index contributed by atoms with van der Waals surface area (Å²) in [6, 6.07) is 24.3. The minimum Gasteiger partial charge on any atom is -0.507 e. The van der Waals surface area contributed by atoms with Crippen molar-refractivity contribution in [2.24, 2.45) is 0 Å². The van der Waals surface area contributed by atoms with Gasteiger partial charge in [0.1, 0.15) is 17.2 Å². The van der Waals surface area contributed by atoms with Crippen molar-refractivity contribution in [3.05, 3.63) is 123 Å². The van der Waals surface area contributed by atoms with Gasteiger partial charge in [0.05, 0.1) is 0 Å². The van der Waals surface area contributed by atoms with Gasteiger partial charge < -0.3 is 15.3 Å². The Balaban J connectivity index is 1.42. The molecule has 1 aliphatic rings. The van der Waals surface area contributed by atoms with Crippen LogP contribution in [0.15, 0.2) is 72.8 Å². The van der Waals surface area contributed by atoms with Crippen LogP contribution in [-0.4, -0.2) is 15.3 Å². The Bertz CT molecular complexity index is 1410. The molecule has 0 fully saturated rings. The van der Waals surface area contributed by atoms with Crippen molar-refractivity contribution in [3.8, 4) is 17.2 Å². The lowest BCUT2D eigenvalue weighted by Gasteiger charge is -2.19. The summed E-state index contributed by atoms with van der Waals surface area (Å²) in [7, 11) is 0. The van der Waals surface area contributed by atoms with Crippen LogP contribution >= 0.6 is 0 Å². The molecule has 0 spiro atoms. The summed E-state index contributed by atoms with van der Waals surface area (Å²) in [6.45, 7) is 2.27. The number of hydrogen-bond acceptors (Lipinski definition) is 3. The quantitative estimate of drug-likeness (QED) is 0.137. The summed E-state index contributed by atoms with van der Waals surface area (Å²) >= 11 is 0. The number of benzene rings is 4. The second-order valence-corrected chi connectivity index (χ2v) is 12.5. The maximum Gasteiger partial charge on any atom is 0.122 e. The van der Waals surface area contributed by atoms with Crippen LogP contribution in [0.3, 0.4) is 0 Å². The van der Waals surface area contributed by atoms with E-state index in [0.717, 1.165) is 46.2 Å². The molecule has 0 unspecified atom stereocenters. The second-order valence-electron chi connectivity index (χ2n) is 12.5. The molecule has 4 aromatic rings. The van der Waals surface area contributed by atoms with Crippen LogP contribution in [-0.2, 0) is 32.1 Å². The standard InChI is InChI=1S/C40H48O3/c1-2-3-4-5-6-7-8-9-10-11-24-37-29-16-12-17-30(37)26-32-19-14-21-34(39(32)42)28-36-23-15-22-35(40(36)43)27-33-20-13-18-31(25-29)38(33)41/h12-23,41-43H,2-11,24-28H2,1H3. The van der Waals surface area contributed by atoms with Gasteiger partial charge in [-0.25, -0.2) is 0 Å². The third kappa shape index (κ3) is 7.82.